The Morgan fingerprint density at radius 1 is 1.11 bits per heavy atom. The molecule has 0 aromatic carbocycles. The smallest absolute Gasteiger partial charge is 0.261 e. The van der Waals surface area contributed by atoms with Crippen LogP contribution in [0.1, 0.15) is 72.1 Å². The second-order valence-electron chi connectivity index (χ2n) is 10.2. The first kappa shape index (κ1) is 27.3. The molecule has 1 aliphatic carbocycles. The lowest BCUT2D eigenvalue weighted by Gasteiger charge is -2.27. The van der Waals surface area contributed by atoms with Crippen LogP contribution in [0.5, 0.6) is 0 Å². The maximum Gasteiger partial charge on any atom is 0.261 e. The normalized spacial score (nSPS) is 23.5. The number of hydrogen-bond acceptors (Lipinski definition) is 6. The first-order chi connectivity index (χ1) is 16.6. The highest BCUT2D eigenvalue weighted by molar-refractivity contribution is 7.89. The molecule has 2 fully saturated rings. The number of hydrogen-bond donors (Lipinski definition) is 2. The van der Waals surface area contributed by atoms with Crippen molar-refractivity contribution in [3.63, 3.8) is 0 Å². The molecule has 10 heteroatoms. The molecular formula is C25H38N4O5S. The van der Waals surface area contributed by atoms with Gasteiger partial charge in [0.2, 0.25) is 11.8 Å². The summed E-state index contributed by atoms with van der Waals surface area (Å²) >= 11 is 0. The summed E-state index contributed by atoms with van der Waals surface area (Å²) in [6.45, 7) is 5.37. The average molecular weight is 507 g/mol. The van der Waals surface area contributed by atoms with E-state index in [0.717, 1.165) is 32.1 Å². The zero-order chi connectivity index (χ0) is 25.6. The van der Waals surface area contributed by atoms with Gasteiger partial charge in [-0.1, -0.05) is 39.2 Å². The number of carbonyl (C=O) groups excluding carboxylic acids is 3. The second-order valence-corrected chi connectivity index (χ2v) is 12.0. The van der Waals surface area contributed by atoms with Crippen LogP contribution in [0.3, 0.4) is 0 Å². The molecule has 2 aliphatic rings. The molecule has 1 unspecified atom stereocenters. The van der Waals surface area contributed by atoms with Crippen molar-refractivity contribution in [3.8, 4) is 0 Å². The SMILES string of the molecule is CC(C)C[C@H](NC(=O)C1CCCCC1)C(=O)NC1CC[C@@H](C)N(S(=O)(=O)c2ccccn2)CC1=O. The van der Waals surface area contributed by atoms with E-state index in [1.165, 1.54) is 16.6 Å². The van der Waals surface area contributed by atoms with E-state index in [4.69, 9.17) is 0 Å². The monoisotopic (exact) mass is 506 g/mol. The molecule has 1 saturated carbocycles. The quantitative estimate of drug-likeness (QED) is 0.558. The molecule has 1 aromatic rings. The maximum absolute atomic E-state index is 13.2. The lowest BCUT2D eigenvalue weighted by atomic mass is 9.88. The number of carbonyl (C=O) groups is 3. The Balaban J connectivity index is 1.69. The third-order valence-corrected chi connectivity index (χ3v) is 8.78. The number of nitrogens with one attached hydrogen (secondary N) is 2. The van der Waals surface area contributed by atoms with Crippen molar-refractivity contribution in [1.82, 2.24) is 19.9 Å². The predicted octanol–water partition coefficient (Wildman–Crippen LogP) is 2.42. The second kappa shape index (κ2) is 12.1. The molecule has 0 radical (unpaired) electrons. The summed E-state index contributed by atoms with van der Waals surface area (Å²) in [5, 5.41) is 5.63. The molecule has 194 valence electrons. The number of sulfonamides is 1. The molecule has 2 N–H and O–H groups in total. The minimum atomic E-state index is -3.95. The molecule has 9 nitrogen and oxygen atoms in total. The van der Waals surface area contributed by atoms with Crippen molar-refractivity contribution in [3.05, 3.63) is 24.4 Å². The molecule has 1 aromatic heterocycles. The van der Waals surface area contributed by atoms with Gasteiger partial charge in [-0.15, -0.1) is 0 Å². The summed E-state index contributed by atoms with van der Waals surface area (Å²) in [6.07, 6.45) is 7.44. The highest BCUT2D eigenvalue weighted by Gasteiger charge is 2.38. The Hall–Kier alpha value is -2.33. The Morgan fingerprint density at radius 2 is 1.83 bits per heavy atom. The summed E-state index contributed by atoms with van der Waals surface area (Å²) in [5.41, 5.74) is 0. The fourth-order valence-corrected chi connectivity index (χ4v) is 6.42. The molecule has 1 aliphatic heterocycles. The zero-order valence-corrected chi connectivity index (χ0v) is 21.7. The van der Waals surface area contributed by atoms with Crippen molar-refractivity contribution < 1.29 is 22.8 Å². The highest BCUT2D eigenvalue weighted by atomic mass is 32.2. The molecule has 35 heavy (non-hydrogen) atoms. The third kappa shape index (κ3) is 7.10. The molecule has 0 bridgehead atoms. The molecule has 3 rings (SSSR count). The fourth-order valence-electron chi connectivity index (χ4n) is 4.86. The summed E-state index contributed by atoms with van der Waals surface area (Å²) < 4.78 is 27.4. The number of pyridine rings is 1. The summed E-state index contributed by atoms with van der Waals surface area (Å²) in [7, 11) is -3.95. The van der Waals surface area contributed by atoms with Gasteiger partial charge in [-0.25, -0.2) is 13.4 Å². The van der Waals surface area contributed by atoms with E-state index in [2.05, 4.69) is 15.6 Å². The van der Waals surface area contributed by atoms with Gasteiger partial charge in [-0.05, 0) is 57.1 Å². The molecule has 1 saturated heterocycles. The van der Waals surface area contributed by atoms with Crippen molar-refractivity contribution in [1.29, 1.82) is 0 Å². The van der Waals surface area contributed by atoms with E-state index in [1.807, 2.05) is 13.8 Å². The van der Waals surface area contributed by atoms with E-state index in [1.54, 1.807) is 19.1 Å². The van der Waals surface area contributed by atoms with E-state index >= 15 is 0 Å². The predicted molar refractivity (Wildman–Crippen MR) is 132 cm³/mol. The van der Waals surface area contributed by atoms with Crippen LogP contribution in [0.2, 0.25) is 0 Å². The maximum atomic E-state index is 13.2. The van der Waals surface area contributed by atoms with Crippen LogP contribution in [0, 0.1) is 11.8 Å². The molecule has 2 heterocycles. The first-order valence-corrected chi connectivity index (χ1v) is 14.1. The summed E-state index contributed by atoms with van der Waals surface area (Å²) in [5.74, 6) is -0.767. The fraction of sp³-hybridized carbons (Fsp3) is 0.680. The molecule has 2 amide bonds. The van der Waals surface area contributed by atoms with Crippen LogP contribution < -0.4 is 10.6 Å². The number of aromatic nitrogens is 1. The highest BCUT2D eigenvalue weighted by Crippen LogP contribution is 2.25. The van der Waals surface area contributed by atoms with Gasteiger partial charge in [0.1, 0.15) is 6.04 Å². The number of amides is 2. The molecule has 3 atom stereocenters. The van der Waals surface area contributed by atoms with Crippen molar-refractivity contribution in [2.45, 2.75) is 95.3 Å². The zero-order valence-electron chi connectivity index (χ0n) is 20.9. The van der Waals surface area contributed by atoms with E-state index in [9.17, 15) is 22.8 Å². The lowest BCUT2D eigenvalue weighted by Crippen LogP contribution is -2.53. The van der Waals surface area contributed by atoms with E-state index in [0.29, 0.717) is 19.3 Å². The topological polar surface area (TPSA) is 126 Å². The number of nitrogens with zero attached hydrogens (tertiary/aromatic N) is 2. The van der Waals surface area contributed by atoms with Crippen LogP contribution in [-0.4, -0.2) is 60.0 Å². The van der Waals surface area contributed by atoms with E-state index < -0.39 is 34.1 Å². The van der Waals surface area contributed by atoms with Crippen LogP contribution in [-0.2, 0) is 24.4 Å². The van der Waals surface area contributed by atoms with Gasteiger partial charge in [0.25, 0.3) is 10.0 Å². The Morgan fingerprint density at radius 3 is 2.46 bits per heavy atom. The van der Waals surface area contributed by atoms with Gasteiger partial charge in [0.05, 0.1) is 12.6 Å². The van der Waals surface area contributed by atoms with Crippen molar-refractivity contribution in [2.24, 2.45) is 11.8 Å². The Bertz CT molecular complexity index is 992. The minimum absolute atomic E-state index is 0.0723. The van der Waals surface area contributed by atoms with Crippen LogP contribution in [0.25, 0.3) is 0 Å². The Kier molecular flexibility index (Phi) is 9.40. The van der Waals surface area contributed by atoms with Gasteiger partial charge in [-0.3, -0.25) is 14.4 Å². The van der Waals surface area contributed by atoms with Crippen LogP contribution in [0.4, 0.5) is 0 Å². The lowest BCUT2D eigenvalue weighted by molar-refractivity contribution is -0.133. The van der Waals surface area contributed by atoms with Gasteiger partial charge in [-0.2, -0.15) is 4.31 Å². The standard InChI is InChI=1S/C25H38N4O5S/c1-17(2)15-21(28-24(31)19-9-5-4-6-10-19)25(32)27-20-13-12-18(3)29(16-22(20)30)35(33,34)23-11-7-8-14-26-23/h7-8,11,14,17-21H,4-6,9-10,12-13,15-16H2,1-3H3,(H,27,32)(H,28,31)/t18-,20?,21+/m1/s1. The number of rotatable bonds is 8. The van der Waals surface area contributed by atoms with Crippen molar-refractivity contribution >= 4 is 27.6 Å². The van der Waals surface area contributed by atoms with Crippen molar-refractivity contribution in [2.75, 3.05) is 6.54 Å². The largest absolute Gasteiger partial charge is 0.344 e. The summed E-state index contributed by atoms with van der Waals surface area (Å²) in [4.78, 5) is 43.0. The molecular weight excluding hydrogens is 468 g/mol. The third-order valence-electron chi connectivity index (χ3n) is 6.91. The van der Waals surface area contributed by atoms with Gasteiger partial charge in [0, 0.05) is 18.2 Å². The van der Waals surface area contributed by atoms with Gasteiger partial charge < -0.3 is 10.6 Å². The van der Waals surface area contributed by atoms with Crippen LogP contribution in [0.15, 0.2) is 29.4 Å². The number of Topliss-reactive ketones (excluding diaryl/α,β-unsaturated/α-hetero) is 1. The van der Waals surface area contributed by atoms with Crippen LogP contribution >= 0.6 is 0 Å². The first-order valence-electron chi connectivity index (χ1n) is 12.7. The minimum Gasteiger partial charge on any atom is -0.344 e. The van der Waals surface area contributed by atoms with E-state index in [-0.39, 0.29) is 35.1 Å². The summed E-state index contributed by atoms with van der Waals surface area (Å²) in [6, 6.07) is 2.65. The van der Waals surface area contributed by atoms with Gasteiger partial charge >= 0.3 is 0 Å². The molecule has 0 spiro atoms. The van der Waals surface area contributed by atoms with Gasteiger partial charge in [0.15, 0.2) is 10.8 Å². The average Bonchev–Trinajstić information content (AvgIpc) is 2.98. The Labute approximate surface area is 208 Å². The number of ketones is 1.